The Kier molecular flexibility index (Phi) is 4.85. The van der Waals surface area contributed by atoms with E-state index in [1.807, 2.05) is 43.3 Å². The standard InChI is InChI=1S/C20H20ClNO/c1-3-4-11-22-13-19-20(15-6-8-16(21)9-7-15)17-12-14(2)5-10-18(17)23-19/h3-10,12,22H,11,13H2,1-2H3. The maximum absolute atomic E-state index is 6.10. The van der Waals surface area contributed by atoms with Crippen molar-refractivity contribution in [2.75, 3.05) is 6.54 Å². The second-order valence-electron chi connectivity index (χ2n) is 5.61. The molecule has 0 bridgehead atoms. The Morgan fingerprint density at radius 1 is 1.13 bits per heavy atom. The van der Waals surface area contributed by atoms with Gasteiger partial charge in [0.05, 0.1) is 6.54 Å². The molecule has 0 aliphatic rings. The van der Waals surface area contributed by atoms with Gasteiger partial charge < -0.3 is 9.73 Å². The average Bonchev–Trinajstić information content (AvgIpc) is 2.90. The van der Waals surface area contributed by atoms with E-state index in [1.165, 1.54) is 5.56 Å². The molecule has 0 saturated heterocycles. The third kappa shape index (κ3) is 3.49. The lowest BCUT2D eigenvalue weighted by molar-refractivity contribution is 0.526. The van der Waals surface area contributed by atoms with E-state index in [4.69, 9.17) is 16.0 Å². The molecule has 0 fully saturated rings. The number of nitrogens with one attached hydrogen (secondary N) is 1. The number of rotatable bonds is 5. The number of fused-ring (bicyclic) bond motifs is 1. The van der Waals surface area contributed by atoms with Crippen molar-refractivity contribution in [2.45, 2.75) is 20.4 Å². The molecular weight excluding hydrogens is 306 g/mol. The van der Waals surface area contributed by atoms with E-state index < -0.39 is 0 Å². The summed E-state index contributed by atoms with van der Waals surface area (Å²) in [4.78, 5) is 0. The molecule has 118 valence electrons. The zero-order valence-electron chi connectivity index (χ0n) is 13.4. The van der Waals surface area contributed by atoms with Crippen LogP contribution in [0, 0.1) is 6.92 Å². The van der Waals surface area contributed by atoms with Crippen LogP contribution in [0.5, 0.6) is 0 Å². The topological polar surface area (TPSA) is 25.2 Å². The van der Waals surface area contributed by atoms with Crippen LogP contribution in [0.1, 0.15) is 18.2 Å². The fourth-order valence-corrected chi connectivity index (χ4v) is 2.83. The molecule has 2 nitrogen and oxygen atoms in total. The summed E-state index contributed by atoms with van der Waals surface area (Å²) in [5.74, 6) is 0.956. The molecule has 3 rings (SSSR count). The zero-order valence-corrected chi connectivity index (χ0v) is 14.2. The first-order valence-corrected chi connectivity index (χ1v) is 8.16. The minimum absolute atomic E-state index is 0.691. The van der Waals surface area contributed by atoms with E-state index in [0.29, 0.717) is 6.54 Å². The van der Waals surface area contributed by atoms with E-state index in [0.717, 1.165) is 39.4 Å². The largest absolute Gasteiger partial charge is 0.459 e. The van der Waals surface area contributed by atoms with Crippen LogP contribution in [-0.2, 0) is 6.54 Å². The Morgan fingerprint density at radius 2 is 1.91 bits per heavy atom. The molecular formula is C20H20ClNO. The molecule has 0 spiro atoms. The summed E-state index contributed by atoms with van der Waals surface area (Å²) in [7, 11) is 0. The Hall–Kier alpha value is -2.03. The number of allylic oxidation sites excluding steroid dienone is 1. The lowest BCUT2D eigenvalue weighted by Crippen LogP contribution is -2.12. The summed E-state index contributed by atoms with van der Waals surface area (Å²) in [6.07, 6.45) is 4.13. The number of aryl methyl sites for hydroxylation is 1. The van der Waals surface area contributed by atoms with Gasteiger partial charge in [0.25, 0.3) is 0 Å². The predicted octanol–water partition coefficient (Wildman–Crippen LogP) is 5.73. The fourth-order valence-electron chi connectivity index (χ4n) is 2.71. The zero-order chi connectivity index (χ0) is 16.2. The fraction of sp³-hybridized carbons (Fsp3) is 0.200. The Morgan fingerprint density at radius 3 is 2.65 bits per heavy atom. The Balaban J connectivity index is 2.07. The van der Waals surface area contributed by atoms with E-state index in [-0.39, 0.29) is 0 Å². The Bertz CT molecular complexity index is 831. The molecule has 1 N–H and O–H groups in total. The van der Waals surface area contributed by atoms with E-state index in [2.05, 4.69) is 30.4 Å². The second kappa shape index (κ2) is 7.03. The van der Waals surface area contributed by atoms with Gasteiger partial charge in [-0.15, -0.1) is 0 Å². The molecule has 0 unspecified atom stereocenters. The first-order chi connectivity index (χ1) is 11.2. The van der Waals surface area contributed by atoms with Gasteiger partial charge in [-0.1, -0.05) is 47.5 Å². The second-order valence-corrected chi connectivity index (χ2v) is 6.04. The first kappa shape index (κ1) is 15.9. The third-order valence-electron chi connectivity index (χ3n) is 3.83. The molecule has 0 aliphatic carbocycles. The summed E-state index contributed by atoms with van der Waals surface area (Å²) in [5, 5.41) is 5.28. The normalized spacial score (nSPS) is 11.6. The Labute approximate surface area is 141 Å². The van der Waals surface area contributed by atoms with E-state index in [9.17, 15) is 0 Å². The van der Waals surface area contributed by atoms with Gasteiger partial charge in [-0.3, -0.25) is 0 Å². The summed E-state index contributed by atoms with van der Waals surface area (Å²) < 4.78 is 6.10. The number of halogens is 1. The van der Waals surface area contributed by atoms with Crippen LogP contribution in [0.4, 0.5) is 0 Å². The molecule has 0 radical (unpaired) electrons. The van der Waals surface area contributed by atoms with Crippen LogP contribution in [0.2, 0.25) is 5.02 Å². The lowest BCUT2D eigenvalue weighted by Gasteiger charge is -2.05. The highest BCUT2D eigenvalue weighted by Crippen LogP contribution is 2.35. The first-order valence-electron chi connectivity index (χ1n) is 7.79. The molecule has 2 aromatic carbocycles. The van der Waals surface area contributed by atoms with Crippen molar-refractivity contribution < 1.29 is 4.42 Å². The molecule has 0 amide bonds. The molecule has 0 aliphatic heterocycles. The molecule has 0 atom stereocenters. The number of hydrogen-bond donors (Lipinski definition) is 1. The van der Waals surface area contributed by atoms with Gasteiger partial charge >= 0.3 is 0 Å². The maximum atomic E-state index is 6.10. The van der Waals surface area contributed by atoms with Crippen molar-refractivity contribution >= 4 is 22.6 Å². The quantitative estimate of drug-likeness (QED) is 0.479. The van der Waals surface area contributed by atoms with Crippen LogP contribution in [0.25, 0.3) is 22.1 Å². The number of furan rings is 1. The minimum atomic E-state index is 0.691. The van der Waals surface area contributed by atoms with Crippen LogP contribution in [-0.4, -0.2) is 6.54 Å². The van der Waals surface area contributed by atoms with Gasteiger partial charge in [0.15, 0.2) is 0 Å². The third-order valence-corrected chi connectivity index (χ3v) is 4.08. The van der Waals surface area contributed by atoms with Gasteiger partial charge in [0.1, 0.15) is 11.3 Å². The monoisotopic (exact) mass is 325 g/mol. The highest BCUT2D eigenvalue weighted by Gasteiger charge is 2.15. The number of hydrogen-bond acceptors (Lipinski definition) is 2. The van der Waals surface area contributed by atoms with Crippen LogP contribution in [0.15, 0.2) is 59.0 Å². The summed E-state index contributed by atoms with van der Waals surface area (Å²) in [5.41, 5.74) is 4.42. The van der Waals surface area contributed by atoms with Crippen molar-refractivity contribution in [2.24, 2.45) is 0 Å². The van der Waals surface area contributed by atoms with Gasteiger partial charge in [-0.05, 0) is 43.7 Å². The molecule has 0 saturated carbocycles. The van der Waals surface area contributed by atoms with Crippen LogP contribution in [0.3, 0.4) is 0 Å². The summed E-state index contributed by atoms with van der Waals surface area (Å²) in [6, 6.07) is 14.2. The smallest absolute Gasteiger partial charge is 0.135 e. The average molecular weight is 326 g/mol. The molecule has 23 heavy (non-hydrogen) atoms. The highest BCUT2D eigenvalue weighted by atomic mass is 35.5. The summed E-state index contributed by atoms with van der Waals surface area (Å²) >= 11 is 6.03. The predicted molar refractivity (Wildman–Crippen MR) is 97.9 cm³/mol. The van der Waals surface area contributed by atoms with Crippen molar-refractivity contribution in [1.82, 2.24) is 5.32 Å². The highest BCUT2D eigenvalue weighted by molar-refractivity contribution is 6.30. The summed E-state index contributed by atoms with van der Waals surface area (Å²) in [6.45, 7) is 5.63. The van der Waals surface area contributed by atoms with E-state index in [1.54, 1.807) is 0 Å². The molecule has 3 heteroatoms. The lowest BCUT2D eigenvalue weighted by atomic mass is 10.0. The van der Waals surface area contributed by atoms with Gasteiger partial charge in [0, 0.05) is 22.5 Å². The van der Waals surface area contributed by atoms with E-state index >= 15 is 0 Å². The van der Waals surface area contributed by atoms with Crippen molar-refractivity contribution in [3.63, 3.8) is 0 Å². The minimum Gasteiger partial charge on any atom is -0.459 e. The SMILES string of the molecule is CC=CCNCc1oc2ccc(C)cc2c1-c1ccc(Cl)cc1. The van der Waals surface area contributed by atoms with Gasteiger partial charge in [0.2, 0.25) is 0 Å². The molecule has 1 aromatic heterocycles. The molecule has 3 aromatic rings. The van der Waals surface area contributed by atoms with Gasteiger partial charge in [-0.25, -0.2) is 0 Å². The van der Waals surface area contributed by atoms with Crippen molar-refractivity contribution in [1.29, 1.82) is 0 Å². The molecule has 1 heterocycles. The van der Waals surface area contributed by atoms with Crippen LogP contribution >= 0.6 is 11.6 Å². The van der Waals surface area contributed by atoms with Crippen molar-refractivity contribution in [3.8, 4) is 11.1 Å². The van der Waals surface area contributed by atoms with Gasteiger partial charge in [-0.2, -0.15) is 0 Å². The number of benzene rings is 2. The van der Waals surface area contributed by atoms with Crippen molar-refractivity contribution in [3.05, 3.63) is 71.0 Å². The maximum Gasteiger partial charge on any atom is 0.135 e. The van der Waals surface area contributed by atoms with Crippen LogP contribution < -0.4 is 5.32 Å².